The van der Waals surface area contributed by atoms with Gasteiger partial charge < -0.3 is 20.0 Å². The Labute approximate surface area is 160 Å². The van der Waals surface area contributed by atoms with Crippen molar-refractivity contribution in [3.63, 3.8) is 0 Å². The summed E-state index contributed by atoms with van der Waals surface area (Å²) >= 11 is 6.26. The van der Waals surface area contributed by atoms with Gasteiger partial charge in [0.2, 0.25) is 0 Å². The van der Waals surface area contributed by atoms with Crippen molar-refractivity contribution in [3.05, 3.63) is 23.4 Å². The molecule has 3 atom stereocenters. The maximum Gasteiger partial charge on any atom is 0.317 e. The number of nitrogens with one attached hydrogen (secondary N) is 1. The highest BCUT2D eigenvalue weighted by Crippen LogP contribution is 2.30. The number of hydrogen-bond acceptors (Lipinski definition) is 4. The van der Waals surface area contributed by atoms with Crippen molar-refractivity contribution in [1.82, 2.24) is 20.1 Å². The molecule has 0 bridgehead atoms. The Morgan fingerprint density at radius 2 is 2.12 bits per heavy atom. The molecule has 0 aliphatic carbocycles. The van der Waals surface area contributed by atoms with Crippen LogP contribution >= 0.6 is 11.6 Å². The number of amides is 2. The number of rotatable bonds is 2. The van der Waals surface area contributed by atoms with Crippen LogP contribution in [0.1, 0.15) is 25.7 Å². The summed E-state index contributed by atoms with van der Waals surface area (Å²) in [7, 11) is 2.19. The van der Waals surface area contributed by atoms with Gasteiger partial charge in [-0.25, -0.2) is 9.78 Å². The normalized spacial score (nSPS) is 29.5. The van der Waals surface area contributed by atoms with E-state index in [1.165, 1.54) is 6.42 Å². The summed E-state index contributed by atoms with van der Waals surface area (Å²) < 4.78 is 0. The molecule has 0 spiro atoms. The van der Waals surface area contributed by atoms with E-state index in [1.54, 1.807) is 6.20 Å². The molecule has 1 N–H and O–H groups in total. The Kier molecular flexibility index (Phi) is 5.23. The van der Waals surface area contributed by atoms with Gasteiger partial charge in [-0.1, -0.05) is 11.6 Å². The smallest absolute Gasteiger partial charge is 0.317 e. The second-order valence-corrected chi connectivity index (χ2v) is 8.31. The average Bonchev–Trinajstić information content (AvgIpc) is 3.09. The lowest BCUT2D eigenvalue weighted by molar-refractivity contribution is 0.0526. The summed E-state index contributed by atoms with van der Waals surface area (Å²) in [6, 6.07) is 4.39. The molecule has 3 unspecified atom stereocenters. The lowest BCUT2D eigenvalue weighted by Crippen LogP contribution is -2.58. The molecule has 2 amide bonds. The van der Waals surface area contributed by atoms with E-state index in [0.29, 0.717) is 17.0 Å². The van der Waals surface area contributed by atoms with Crippen molar-refractivity contribution < 1.29 is 4.79 Å². The van der Waals surface area contributed by atoms with Crippen LogP contribution in [0, 0.1) is 5.92 Å². The number of hydrogen-bond donors (Lipinski definition) is 1. The Morgan fingerprint density at radius 1 is 1.23 bits per heavy atom. The first-order chi connectivity index (χ1) is 12.6. The SMILES string of the molecule is CN1CCC2C(CCCN2C(=O)NC2CCN(c3ncccc3Cl)C2)C1. The van der Waals surface area contributed by atoms with Crippen LogP contribution in [-0.2, 0) is 0 Å². The van der Waals surface area contributed by atoms with Gasteiger partial charge in [-0.2, -0.15) is 0 Å². The summed E-state index contributed by atoms with van der Waals surface area (Å²) in [5.74, 6) is 1.44. The number of halogens is 1. The Balaban J connectivity index is 1.36. The Bertz CT molecular complexity index is 657. The monoisotopic (exact) mass is 377 g/mol. The molecule has 4 heterocycles. The zero-order valence-corrected chi connectivity index (χ0v) is 16.2. The molecule has 142 valence electrons. The van der Waals surface area contributed by atoms with Crippen LogP contribution in [0.15, 0.2) is 18.3 Å². The summed E-state index contributed by atoms with van der Waals surface area (Å²) in [4.78, 5) is 24.0. The zero-order chi connectivity index (χ0) is 18.1. The van der Waals surface area contributed by atoms with Gasteiger partial charge in [-0.15, -0.1) is 0 Å². The number of pyridine rings is 1. The van der Waals surface area contributed by atoms with E-state index in [4.69, 9.17) is 11.6 Å². The van der Waals surface area contributed by atoms with Crippen LogP contribution in [0.2, 0.25) is 5.02 Å². The van der Waals surface area contributed by atoms with Gasteiger partial charge >= 0.3 is 6.03 Å². The first kappa shape index (κ1) is 17.9. The fourth-order valence-electron chi connectivity index (χ4n) is 4.78. The van der Waals surface area contributed by atoms with Crippen molar-refractivity contribution in [3.8, 4) is 0 Å². The number of piperidine rings is 2. The highest BCUT2D eigenvalue weighted by molar-refractivity contribution is 6.32. The highest BCUT2D eigenvalue weighted by Gasteiger charge is 2.38. The third kappa shape index (κ3) is 3.62. The molecule has 6 nitrogen and oxygen atoms in total. The maximum absolute atomic E-state index is 12.9. The number of urea groups is 1. The predicted octanol–water partition coefficient (Wildman–Crippen LogP) is 2.44. The van der Waals surface area contributed by atoms with Crippen molar-refractivity contribution in [2.24, 2.45) is 5.92 Å². The number of likely N-dealkylation sites (tertiary alicyclic amines) is 2. The van der Waals surface area contributed by atoms with E-state index in [-0.39, 0.29) is 12.1 Å². The van der Waals surface area contributed by atoms with Crippen molar-refractivity contribution in [1.29, 1.82) is 0 Å². The number of carbonyl (C=O) groups excluding carboxylic acids is 1. The largest absolute Gasteiger partial charge is 0.353 e. The molecule has 3 saturated heterocycles. The molecule has 26 heavy (non-hydrogen) atoms. The average molecular weight is 378 g/mol. The maximum atomic E-state index is 12.9. The predicted molar refractivity (Wildman–Crippen MR) is 104 cm³/mol. The molecular formula is C19H28ClN5O. The van der Waals surface area contributed by atoms with Crippen LogP contribution < -0.4 is 10.2 Å². The lowest BCUT2D eigenvalue weighted by atomic mass is 9.84. The van der Waals surface area contributed by atoms with Crippen LogP contribution in [-0.4, -0.2) is 72.7 Å². The Hall–Kier alpha value is -1.53. The third-order valence-electron chi connectivity index (χ3n) is 6.09. The molecule has 3 aliphatic rings. The molecule has 3 aliphatic heterocycles. The van der Waals surface area contributed by atoms with Crippen LogP contribution in [0.4, 0.5) is 10.6 Å². The van der Waals surface area contributed by atoms with Crippen molar-refractivity contribution in [2.45, 2.75) is 37.8 Å². The van der Waals surface area contributed by atoms with E-state index in [1.807, 2.05) is 12.1 Å². The van der Waals surface area contributed by atoms with Gasteiger partial charge in [0.1, 0.15) is 5.82 Å². The van der Waals surface area contributed by atoms with Gasteiger partial charge in [-0.3, -0.25) is 0 Å². The molecule has 0 aromatic carbocycles. The van der Waals surface area contributed by atoms with E-state index in [9.17, 15) is 4.79 Å². The van der Waals surface area contributed by atoms with Gasteiger partial charge in [0.05, 0.1) is 5.02 Å². The summed E-state index contributed by atoms with van der Waals surface area (Å²) in [6.07, 6.45) is 6.15. The number of nitrogens with zero attached hydrogens (tertiary/aromatic N) is 4. The number of aromatic nitrogens is 1. The van der Waals surface area contributed by atoms with E-state index < -0.39 is 0 Å². The summed E-state index contributed by atoms with van der Waals surface area (Å²) in [5, 5.41) is 3.94. The first-order valence-corrected chi connectivity index (χ1v) is 10.1. The molecule has 1 aromatic rings. The highest BCUT2D eigenvalue weighted by atomic mass is 35.5. The van der Waals surface area contributed by atoms with Crippen molar-refractivity contribution >= 4 is 23.4 Å². The van der Waals surface area contributed by atoms with Gasteiger partial charge in [0.15, 0.2) is 0 Å². The second-order valence-electron chi connectivity index (χ2n) is 7.90. The third-order valence-corrected chi connectivity index (χ3v) is 6.38. The second kappa shape index (κ2) is 7.61. The zero-order valence-electron chi connectivity index (χ0n) is 15.4. The minimum atomic E-state index is 0.114. The van der Waals surface area contributed by atoms with Gasteiger partial charge in [0, 0.05) is 44.5 Å². The lowest BCUT2D eigenvalue weighted by Gasteiger charge is -2.46. The molecule has 3 fully saturated rings. The van der Waals surface area contributed by atoms with E-state index in [0.717, 1.165) is 57.8 Å². The van der Waals surface area contributed by atoms with Crippen molar-refractivity contribution in [2.75, 3.05) is 44.7 Å². The van der Waals surface area contributed by atoms with Gasteiger partial charge in [0.25, 0.3) is 0 Å². The Morgan fingerprint density at radius 3 is 2.96 bits per heavy atom. The fourth-order valence-corrected chi connectivity index (χ4v) is 5.02. The molecule has 7 heteroatoms. The van der Waals surface area contributed by atoms with Crippen LogP contribution in [0.25, 0.3) is 0 Å². The molecular weight excluding hydrogens is 350 g/mol. The quantitative estimate of drug-likeness (QED) is 0.860. The first-order valence-electron chi connectivity index (χ1n) is 9.73. The summed E-state index contributed by atoms with van der Waals surface area (Å²) in [6.45, 7) is 4.73. The minimum absolute atomic E-state index is 0.114. The van der Waals surface area contributed by atoms with Gasteiger partial charge in [-0.05, 0) is 57.3 Å². The molecule has 1 aromatic heterocycles. The molecule has 4 rings (SSSR count). The van der Waals surface area contributed by atoms with E-state index >= 15 is 0 Å². The van der Waals surface area contributed by atoms with Crippen LogP contribution in [0.3, 0.4) is 0 Å². The molecule has 0 saturated carbocycles. The minimum Gasteiger partial charge on any atom is -0.353 e. The summed E-state index contributed by atoms with van der Waals surface area (Å²) in [5.41, 5.74) is 0. The molecule has 0 radical (unpaired) electrons. The number of fused-ring (bicyclic) bond motifs is 1. The number of anilines is 1. The van der Waals surface area contributed by atoms with E-state index in [2.05, 4.69) is 32.0 Å². The topological polar surface area (TPSA) is 51.7 Å². The van der Waals surface area contributed by atoms with Crippen LogP contribution in [0.5, 0.6) is 0 Å². The standard InChI is InChI=1S/C19H28ClN5O/c1-23-10-7-17-14(12-23)4-3-9-25(17)19(26)22-15-6-11-24(13-15)18-16(20)5-2-8-21-18/h2,5,8,14-15,17H,3-4,6-7,9-13H2,1H3,(H,22,26). The number of carbonyl (C=O) groups is 1. The fraction of sp³-hybridized carbons (Fsp3) is 0.684.